The Morgan fingerprint density at radius 2 is 1.65 bits per heavy atom. The molecular formula is C16H32N2OS. The second kappa shape index (κ2) is 8.60. The summed E-state index contributed by atoms with van der Waals surface area (Å²) in [5.41, 5.74) is 5.31. The molecule has 1 atom stereocenters. The molecule has 0 aromatic heterocycles. The maximum absolute atomic E-state index is 13.0. The minimum Gasteiger partial charge on any atom is -0.392 e. The Labute approximate surface area is 130 Å². The van der Waals surface area contributed by atoms with Gasteiger partial charge < -0.3 is 10.6 Å². The summed E-state index contributed by atoms with van der Waals surface area (Å²) >= 11 is 5.26. The summed E-state index contributed by atoms with van der Waals surface area (Å²) in [6.45, 7) is 10.6. The van der Waals surface area contributed by atoms with Crippen molar-refractivity contribution in [3.05, 3.63) is 0 Å². The fourth-order valence-corrected chi connectivity index (χ4v) is 3.21. The maximum atomic E-state index is 13.0. The lowest BCUT2D eigenvalue weighted by Gasteiger charge is -2.38. The second-order valence-electron chi connectivity index (χ2n) is 6.34. The highest BCUT2D eigenvalue weighted by Gasteiger charge is 2.42. The predicted molar refractivity (Wildman–Crippen MR) is 90.7 cm³/mol. The molecule has 0 aromatic rings. The molecule has 0 fully saturated rings. The summed E-state index contributed by atoms with van der Waals surface area (Å²) in [6, 6.07) is 0.213. The van der Waals surface area contributed by atoms with Crippen LogP contribution in [0.2, 0.25) is 0 Å². The molecule has 0 rings (SSSR count). The Bertz CT molecular complexity index is 322. The van der Waals surface area contributed by atoms with E-state index in [0.717, 1.165) is 32.1 Å². The smallest absolute Gasteiger partial charge is 0.235 e. The lowest BCUT2D eigenvalue weighted by Crippen LogP contribution is -2.52. The van der Waals surface area contributed by atoms with Crippen LogP contribution in [-0.2, 0) is 4.79 Å². The van der Waals surface area contributed by atoms with Crippen LogP contribution in [0.15, 0.2) is 0 Å². The number of hydrogen-bond acceptors (Lipinski definition) is 2. The lowest BCUT2D eigenvalue weighted by atomic mass is 9.77. The molecule has 0 aliphatic rings. The van der Waals surface area contributed by atoms with E-state index in [2.05, 4.69) is 34.6 Å². The van der Waals surface area contributed by atoms with E-state index in [-0.39, 0.29) is 11.9 Å². The van der Waals surface area contributed by atoms with Crippen LogP contribution in [0.4, 0.5) is 0 Å². The summed E-state index contributed by atoms with van der Waals surface area (Å²) in [4.78, 5) is 15.2. The van der Waals surface area contributed by atoms with Crippen LogP contribution in [-0.4, -0.2) is 28.9 Å². The molecule has 0 aliphatic heterocycles. The van der Waals surface area contributed by atoms with Crippen molar-refractivity contribution >= 4 is 23.1 Å². The quantitative estimate of drug-likeness (QED) is 0.660. The molecule has 0 spiro atoms. The van der Waals surface area contributed by atoms with E-state index < -0.39 is 5.41 Å². The highest BCUT2D eigenvalue weighted by atomic mass is 32.1. The number of amides is 1. The SMILES string of the molecule is CCCC(CCC)(C(=O)N(C)C(C)CC(C)C)C(N)=S. The standard InChI is InChI=1S/C16H32N2OS/c1-7-9-16(10-8-2,14(17)20)15(19)18(6)13(5)11-12(3)4/h12-13H,7-11H2,1-6H3,(H2,17,20). The fourth-order valence-electron chi connectivity index (χ4n) is 2.92. The molecule has 0 saturated heterocycles. The molecule has 0 aromatic carbocycles. The number of carbonyl (C=O) groups is 1. The Balaban J connectivity index is 5.25. The van der Waals surface area contributed by atoms with E-state index in [1.165, 1.54) is 0 Å². The van der Waals surface area contributed by atoms with E-state index >= 15 is 0 Å². The summed E-state index contributed by atoms with van der Waals surface area (Å²) in [5.74, 6) is 0.665. The average molecular weight is 301 g/mol. The summed E-state index contributed by atoms with van der Waals surface area (Å²) < 4.78 is 0. The molecule has 0 aliphatic carbocycles. The Hall–Kier alpha value is -0.640. The third kappa shape index (κ3) is 4.72. The van der Waals surface area contributed by atoms with Crippen LogP contribution < -0.4 is 5.73 Å². The zero-order chi connectivity index (χ0) is 15.9. The van der Waals surface area contributed by atoms with Gasteiger partial charge in [-0.2, -0.15) is 0 Å². The van der Waals surface area contributed by atoms with Crippen LogP contribution in [0.5, 0.6) is 0 Å². The molecule has 118 valence electrons. The zero-order valence-corrected chi connectivity index (χ0v) is 14.8. The minimum absolute atomic E-state index is 0.0989. The molecule has 0 bridgehead atoms. The van der Waals surface area contributed by atoms with Gasteiger partial charge in [-0.3, -0.25) is 4.79 Å². The normalized spacial score (nSPS) is 13.3. The van der Waals surface area contributed by atoms with Gasteiger partial charge in [0.05, 0.1) is 10.4 Å². The predicted octanol–water partition coefficient (Wildman–Crippen LogP) is 3.75. The topological polar surface area (TPSA) is 46.3 Å². The number of nitrogens with two attached hydrogens (primary N) is 1. The molecule has 4 heteroatoms. The minimum atomic E-state index is -0.654. The number of hydrogen-bond donors (Lipinski definition) is 1. The van der Waals surface area contributed by atoms with E-state index in [4.69, 9.17) is 18.0 Å². The van der Waals surface area contributed by atoms with Gasteiger partial charge in [0.25, 0.3) is 0 Å². The Kier molecular flexibility index (Phi) is 8.33. The van der Waals surface area contributed by atoms with E-state index in [0.29, 0.717) is 10.9 Å². The molecule has 0 saturated carbocycles. The van der Waals surface area contributed by atoms with Crippen molar-refractivity contribution < 1.29 is 4.79 Å². The van der Waals surface area contributed by atoms with E-state index in [1.54, 1.807) is 0 Å². The molecule has 20 heavy (non-hydrogen) atoms. The Morgan fingerprint density at radius 1 is 1.20 bits per heavy atom. The first-order chi connectivity index (χ1) is 9.22. The average Bonchev–Trinajstić information content (AvgIpc) is 2.35. The molecule has 1 unspecified atom stereocenters. The molecule has 3 nitrogen and oxygen atoms in total. The van der Waals surface area contributed by atoms with Crippen LogP contribution in [0.1, 0.15) is 66.7 Å². The van der Waals surface area contributed by atoms with Gasteiger partial charge in [-0.15, -0.1) is 0 Å². The van der Waals surface area contributed by atoms with Gasteiger partial charge in [0.15, 0.2) is 0 Å². The first-order valence-electron chi connectivity index (χ1n) is 7.80. The van der Waals surface area contributed by atoms with Crippen LogP contribution in [0.25, 0.3) is 0 Å². The van der Waals surface area contributed by atoms with Crippen molar-refractivity contribution in [1.29, 1.82) is 0 Å². The van der Waals surface area contributed by atoms with Gasteiger partial charge >= 0.3 is 0 Å². The van der Waals surface area contributed by atoms with Gasteiger partial charge in [-0.05, 0) is 32.1 Å². The third-order valence-electron chi connectivity index (χ3n) is 4.03. The van der Waals surface area contributed by atoms with Crippen molar-refractivity contribution in [3.63, 3.8) is 0 Å². The first-order valence-corrected chi connectivity index (χ1v) is 8.20. The van der Waals surface area contributed by atoms with Crippen LogP contribution >= 0.6 is 12.2 Å². The summed E-state index contributed by atoms with van der Waals surface area (Å²) in [5, 5.41) is 0. The molecule has 0 radical (unpaired) electrons. The third-order valence-corrected chi connectivity index (χ3v) is 4.42. The monoisotopic (exact) mass is 300 g/mol. The fraction of sp³-hybridized carbons (Fsp3) is 0.875. The van der Waals surface area contributed by atoms with Crippen molar-refractivity contribution in [2.45, 2.75) is 72.8 Å². The summed E-state index contributed by atoms with van der Waals surface area (Å²) in [7, 11) is 1.88. The molecule has 0 heterocycles. The number of nitrogens with zero attached hydrogens (tertiary/aromatic N) is 1. The van der Waals surface area contributed by atoms with Gasteiger partial charge in [0.2, 0.25) is 5.91 Å². The van der Waals surface area contributed by atoms with Gasteiger partial charge in [-0.1, -0.05) is 52.8 Å². The van der Waals surface area contributed by atoms with Gasteiger partial charge in [0.1, 0.15) is 0 Å². The van der Waals surface area contributed by atoms with Crippen LogP contribution in [0, 0.1) is 11.3 Å². The highest BCUT2D eigenvalue weighted by molar-refractivity contribution is 7.80. The second-order valence-corrected chi connectivity index (χ2v) is 6.78. The Morgan fingerprint density at radius 3 is 1.95 bits per heavy atom. The lowest BCUT2D eigenvalue weighted by molar-refractivity contribution is -0.139. The van der Waals surface area contributed by atoms with E-state index in [9.17, 15) is 4.79 Å². The zero-order valence-electron chi connectivity index (χ0n) is 14.0. The largest absolute Gasteiger partial charge is 0.392 e. The summed E-state index contributed by atoms with van der Waals surface area (Å²) in [6.07, 6.45) is 4.31. The molecule has 1 amide bonds. The number of rotatable bonds is 9. The van der Waals surface area contributed by atoms with Crippen molar-refractivity contribution in [3.8, 4) is 0 Å². The highest BCUT2D eigenvalue weighted by Crippen LogP contribution is 2.33. The molecular weight excluding hydrogens is 268 g/mol. The van der Waals surface area contributed by atoms with E-state index in [1.807, 2.05) is 11.9 Å². The maximum Gasteiger partial charge on any atom is 0.235 e. The molecule has 2 N–H and O–H groups in total. The van der Waals surface area contributed by atoms with Crippen molar-refractivity contribution in [2.24, 2.45) is 17.1 Å². The van der Waals surface area contributed by atoms with Crippen LogP contribution in [0.3, 0.4) is 0 Å². The number of carbonyl (C=O) groups excluding carboxylic acids is 1. The van der Waals surface area contributed by atoms with Gasteiger partial charge in [-0.25, -0.2) is 0 Å². The van der Waals surface area contributed by atoms with Gasteiger partial charge in [0, 0.05) is 13.1 Å². The first kappa shape index (κ1) is 19.4. The number of thiocarbonyl (C=S) groups is 1. The van der Waals surface area contributed by atoms with Crippen molar-refractivity contribution in [1.82, 2.24) is 4.90 Å². The van der Waals surface area contributed by atoms with Crippen molar-refractivity contribution in [2.75, 3.05) is 7.05 Å².